The van der Waals surface area contributed by atoms with Gasteiger partial charge in [0.05, 0.1) is 78.1 Å². The number of thiocarbonyl (C=S) groups is 3. The Labute approximate surface area is 593 Å². The molecule has 0 atom stereocenters. The van der Waals surface area contributed by atoms with Crippen molar-refractivity contribution in [1.29, 1.82) is 0 Å². The molecule has 6 N–H and O–H groups in total. The van der Waals surface area contributed by atoms with E-state index >= 15 is 0 Å². The van der Waals surface area contributed by atoms with Crippen LogP contribution < -0.4 is 36.8 Å². The normalized spacial score (nSPS) is 16.1. The van der Waals surface area contributed by atoms with Gasteiger partial charge in [-0.25, -0.2) is 29.9 Å². The molecule has 6 aliphatic heterocycles. The molecule has 6 aromatic heterocycles. The highest BCUT2D eigenvalue weighted by Crippen LogP contribution is 2.39. The van der Waals surface area contributed by atoms with E-state index in [-0.39, 0.29) is 0 Å². The lowest BCUT2D eigenvalue weighted by atomic mass is 9.92. The Kier molecular flexibility index (Phi) is 20.9. The van der Waals surface area contributed by atoms with Crippen LogP contribution in [0, 0.1) is 33.6 Å². The molecule has 9 aromatic rings. The molecule has 15 rings (SSSR count). The van der Waals surface area contributed by atoms with Gasteiger partial charge in [-0.15, -0.1) is 0 Å². The Morgan fingerprint density at radius 3 is 1.51 bits per heavy atom. The predicted octanol–water partition coefficient (Wildman–Crippen LogP) is 14.5. The number of fused-ring (bicyclic) bond motifs is 9. The average Bonchev–Trinajstić information content (AvgIpc) is 1.76. The molecule has 0 spiro atoms. The van der Waals surface area contributed by atoms with E-state index in [9.17, 15) is 0 Å². The van der Waals surface area contributed by atoms with Crippen LogP contribution in [-0.4, -0.2) is 148 Å². The summed E-state index contributed by atoms with van der Waals surface area (Å²) in [6.45, 7) is 18.1. The second kappa shape index (κ2) is 30.2. The average molecular weight is 1390 g/mol. The third-order valence-electron chi connectivity index (χ3n) is 18.6. The summed E-state index contributed by atoms with van der Waals surface area (Å²) >= 11 is 28.9. The van der Waals surface area contributed by atoms with Gasteiger partial charge in [-0.2, -0.15) is 0 Å². The number of hydrogen-bond acceptors (Lipinski definition) is 19. The van der Waals surface area contributed by atoms with E-state index in [0.29, 0.717) is 53.1 Å². The minimum atomic E-state index is 0.537. The van der Waals surface area contributed by atoms with Gasteiger partial charge in [0.25, 0.3) is 0 Å². The number of piperidine rings is 1. The Hall–Kier alpha value is -8.32. The predicted molar refractivity (Wildman–Crippen MR) is 407 cm³/mol. The van der Waals surface area contributed by atoms with Crippen LogP contribution in [0.2, 0.25) is 10.0 Å². The second-order valence-electron chi connectivity index (χ2n) is 26.0. The zero-order valence-electron chi connectivity index (χ0n) is 55.5. The summed E-state index contributed by atoms with van der Waals surface area (Å²) in [7, 11) is 4.36. The number of rotatable bonds is 12. The number of aromatic nitrogens is 9. The lowest BCUT2D eigenvalue weighted by molar-refractivity contribution is 0.218. The number of piperazine rings is 1. The molecule has 3 fully saturated rings. The fraction of sp³-hybridized carbons (Fsp3) is 0.342. The fourth-order valence-corrected chi connectivity index (χ4v) is 14.2. The van der Waals surface area contributed by atoms with Gasteiger partial charge >= 0.3 is 0 Å². The van der Waals surface area contributed by atoms with E-state index in [1.807, 2.05) is 88.2 Å². The summed E-state index contributed by atoms with van der Waals surface area (Å²) in [5, 5.41) is 21.4. The number of hydrogen-bond donors (Lipinski definition) is 6. The summed E-state index contributed by atoms with van der Waals surface area (Å²) in [5.41, 5.74) is 21.6. The Bertz CT molecular complexity index is 4450. The van der Waals surface area contributed by atoms with Crippen molar-refractivity contribution in [3.63, 3.8) is 0 Å². The number of halogens is 2. The molecule has 19 nitrogen and oxygen atoms in total. The largest absolute Gasteiger partial charge is 0.368 e. The van der Waals surface area contributed by atoms with Crippen molar-refractivity contribution in [2.24, 2.45) is 5.92 Å². The molecule has 0 bridgehead atoms. The first-order valence-corrected chi connectivity index (χ1v) is 35.2. The highest BCUT2D eigenvalue weighted by molar-refractivity contribution is 7.81. The standard InChI is InChI=1S/C25H27ClN6S.C24H25ClN6S.C24H27N7S/c1-15-21(6-4-19(28-15)11-16-7-9-32(2)10-8-16)30-25-27-14-17-12-23(33)29-22-13-18(26)3-5-20(22)24(17)31-25;1-15-20(10-16(13-26-15)6-9-31-7-2-3-8-31)29-24-27-14-17-11-22(32)28-21-12-18(25)4-5-19(21)23(17)30-24;1-15-4-5-19-21(10-15)27-22(32)11-17-13-26-24(29-23(17)19)28-20-12-18(14-25-16(20)2)31-8-6-30(3)7-9-31/h3-6,13-14,16H,7-12H2,1-2H3,(H,29,33)(H,27,30,31);4-5,10,12-14H,2-3,6-9,11H2,1H3,(H,28,32)(H,27,29,30);4-5,10,12-14H,6-9,11H2,1-3H3,(H,27,32)(H,26,28,29). The topological polar surface area (TPSA) is 201 Å². The molecule has 0 unspecified atom stereocenters. The van der Waals surface area contributed by atoms with Crippen molar-refractivity contribution in [3.05, 3.63) is 170 Å². The molecule has 12 heterocycles. The lowest BCUT2D eigenvalue weighted by Gasteiger charge is -2.34. The third-order valence-corrected chi connectivity index (χ3v) is 19.8. The molecular weight excluding hydrogens is 1310 g/mol. The van der Waals surface area contributed by atoms with Crippen LogP contribution in [0.1, 0.15) is 76.3 Å². The molecule has 97 heavy (non-hydrogen) atoms. The van der Waals surface area contributed by atoms with Gasteiger partial charge in [-0.1, -0.05) is 72.0 Å². The van der Waals surface area contributed by atoms with Crippen LogP contribution >= 0.6 is 59.9 Å². The first-order valence-electron chi connectivity index (χ1n) is 33.2. The van der Waals surface area contributed by atoms with E-state index in [0.717, 1.165) is 174 Å². The number of pyridine rings is 3. The summed E-state index contributed by atoms with van der Waals surface area (Å²) in [4.78, 5) is 54.3. The second-order valence-corrected chi connectivity index (χ2v) is 28.3. The molecule has 6 aliphatic rings. The zero-order chi connectivity index (χ0) is 67.3. The van der Waals surface area contributed by atoms with Crippen molar-refractivity contribution in [2.75, 3.05) is 110 Å². The lowest BCUT2D eigenvalue weighted by Crippen LogP contribution is -2.44. The molecule has 0 aliphatic carbocycles. The van der Waals surface area contributed by atoms with Gasteiger partial charge in [0.1, 0.15) is 0 Å². The van der Waals surface area contributed by atoms with E-state index in [4.69, 9.17) is 79.8 Å². The smallest absolute Gasteiger partial charge is 0.227 e. The first-order chi connectivity index (χ1) is 46.9. The van der Waals surface area contributed by atoms with Crippen LogP contribution in [0.5, 0.6) is 0 Å². The molecule has 3 aromatic carbocycles. The highest BCUT2D eigenvalue weighted by Gasteiger charge is 2.26. The van der Waals surface area contributed by atoms with E-state index in [1.54, 1.807) is 0 Å². The van der Waals surface area contributed by atoms with Gasteiger partial charge in [0.15, 0.2) is 0 Å². The molecule has 0 radical (unpaired) electrons. The summed E-state index contributed by atoms with van der Waals surface area (Å²) < 4.78 is 0. The number of nitrogens with zero attached hydrogens (tertiary/aromatic N) is 13. The molecule has 0 amide bonds. The van der Waals surface area contributed by atoms with Gasteiger partial charge in [0.2, 0.25) is 17.8 Å². The van der Waals surface area contributed by atoms with Crippen molar-refractivity contribution < 1.29 is 0 Å². The highest BCUT2D eigenvalue weighted by atomic mass is 35.5. The van der Waals surface area contributed by atoms with Crippen LogP contribution in [0.15, 0.2) is 110 Å². The van der Waals surface area contributed by atoms with Gasteiger partial charge in [-0.05, 0) is 190 Å². The number of nitrogens with one attached hydrogen (secondary N) is 6. The SMILES string of the molecule is Cc1ccc2c(c1)NC(=S)Cc1cnc(Nc3cc(N4CCN(C)CC4)cnc3C)nc1-2.Cc1nc(CC2CCN(C)CC2)ccc1Nc1ncc2c(n1)-c1ccc(Cl)cc1NC(=S)C2.Cc1ncc(CCN2CCCC2)cc1Nc1ncc2c(n1)-c1ccc(Cl)cc1NC(=S)C2. The Morgan fingerprint density at radius 1 is 0.485 bits per heavy atom. The van der Waals surface area contributed by atoms with E-state index in [1.165, 1.54) is 63.0 Å². The maximum absolute atomic E-state index is 6.20. The number of aryl methyl sites for hydroxylation is 4. The van der Waals surface area contributed by atoms with Crippen molar-refractivity contribution >= 4 is 132 Å². The summed E-state index contributed by atoms with van der Waals surface area (Å²) in [5.74, 6) is 2.35. The molecular formula is C73H79Cl2N19S3. The maximum atomic E-state index is 6.20. The molecule has 0 saturated carbocycles. The van der Waals surface area contributed by atoms with Crippen LogP contribution in [0.4, 0.5) is 57.7 Å². The monoisotopic (exact) mass is 1390 g/mol. The zero-order valence-corrected chi connectivity index (χ0v) is 59.5. The first kappa shape index (κ1) is 67.3. The van der Waals surface area contributed by atoms with Crippen LogP contribution in [0.3, 0.4) is 0 Å². The van der Waals surface area contributed by atoms with Gasteiger partial charge in [0, 0.05) is 143 Å². The number of likely N-dealkylation sites (N-methyl/N-ethyl adjacent to an activating group) is 1. The fourth-order valence-electron chi connectivity index (χ4n) is 13.0. The molecule has 24 heteroatoms. The van der Waals surface area contributed by atoms with Gasteiger partial charge < -0.3 is 51.5 Å². The van der Waals surface area contributed by atoms with E-state index < -0.39 is 0 Å². The van der Waals surface area contributed by atoms with Crippen molar-refractivity contribution in [2.45, 2.75) is 85.5 Å². The molecule has 3 saturated heterocycles. The number of anilines is 10. The van der Waals surface area contributed by atoms with E-state index in [2.05, 4.69) is 140 Å². The minimum Gasteiger partial charge on any atom is -0.368 e. The summed E-state index contributed by atoms with van der Waals surface area (Å²) in [6, 6.07) is 26.3. The van der Waals surface area contributed by atoms with Gasteiger partial charge in [-0.3, -0.25) is 15.0 Å². The number of benzene rings is 3. The maximum Gasteiger partial charge on any atom is 0.227 e. The van der Waals surface area contributed by atoms with Crippen molar-refractivity contribution in [1.82, 2.24) is 59.6 Å². The third kappa shape index (κ3) is 16.6. The minimum absolute atomic E-state index is 0.537. The van der Waals surface area contributed by atoms with Crippen LogP contribution in [-0.2, 0) is 32.1 Å². The number of likely N-dealkylation sites (tertiary alicyclic amines) is 2. The molecule has 498 valence electrons. The van der Waals surface area contributed by atoms with Crippen LogP contribution in [0.25, 0.3) is 33.8 Å². The Balaban J connectivity index is 0.000000131. The quantitative estimate of drug-likeness (QED) is 0.0630. The summed E-state index contributed by atoms with van der Waals surface area (Å²) in [6.07, 6.45) is 18.4. The van der Waals surface area contributed by atoms with Crippen molar-refractivity contribution in [3.8, 4) is 33.8 Å². The Morgan fingerprint density at radius 2 is 0.969 bits per heavy atom.